The van der Waals surface area contributed by atoms with Crippen molar-refractivity contribution in [2.45, 2.75) is 31.3 Å². The molecule has 1 heterocycles. The number of likely N-dealkylation sites (N-methyl/N-ethyl adjacent to an activating group) is 1. The standard InChI is InChI=1S/C12H20N2O6/c1-14(8-5-6-20-7-8)12(18)13-9(11(16)17)3-4-10(15)19-2/h8-9H,3-7H2,1-2H3,(H,13,18)(H,16,17)/t8?,9-/m0/s1. The van der Waals surface area contributed by atoms with Gasteiger partial charge >= 0.3 is 18.0 Å². The average Bonchev–Trinajstić information content (AvgIpc) is 2.95. The zero-order valence-corrected chi connectivity index (χ0v) is 11.6. The van der Waals surface area contributed by atoms with E-state index in [-0.39, 0.29) is 18.9 Å². The summed E-state index contributed by atoms with van der Waals surface area (Å²) in [5.74, 6) is -1.69. The number of esters is 1. The summed E-state index contributed by atoms with van der Waals surface area (Å²) >= 11 is 0. The molecule has 0 aliphatic carbocycles. The van der Waals surface area contributed by atoms with E-state index in [1.54, 1.807) is 7.05 Å². The van der Waals surface area contributed by atoms with Crippen LogP contribution in [0.5, 0.6) is 0 Å². The van der Waals surface area contributed by atoms with Gasteiger partial charge in [0.1, 0.15) is 6.04 Å². The SMILES string of the molecule is COC(=O)CC[C@H](NC(=O)N(C)C1CCOC1)C(=O)O. The maximum absolute atomic E-state index is 11.9. The van der Waals surface area contributed by atoms with Gasteiger partial charge in [-0.1, -0.05) is 0 Å². The van der Waals surface area contributed by atoms with Crippen LogP contribution in [0.25, 0.3) is 0 Å². The second-order valence-electron chi connectivity index (χ2n) is 4.58. The van der Waals surface area contributed by atoms with Crippen LogP contribution in [0, 0.1) is 0 Å². The predicted molar refractivity (Wildman–Crippen MR) is 68.2 cm³/mol. The summed E-state index contributed by atoms with van der Waals surface area (Å²) < 4.78 is 9.62. The molecule has 0 radical (unpaired) electrons. The summed E-state index contributed by atoms with van der Waals surface area (Å²) in [6.45, 7) is 1.04. The fraction of sp³-hybridized carbons (Fsp3) is 0.750. The van der Waals surface area contributed by atoms with Gasteiger partial charge in [-0.15, -0.1) is 0 Å². The molecule has 1 fully saturated rings. The highest BCUT2D eigenvalue weighted by Crippen LogP contribution is 2.11. The molecule has 8 nitrogen and oxygen atoms in total. The van der Waals surface area contributed by atoms with Crippen LogP contribution < -0.4 is 5.32 Å². The van der Waals surface area contributed by atoms with Crippen LogP contribution in [0.4, 0.5) is 4.79 Å². The van der Waals surface area contributed by atoms with E-state index in [9.17, 15) is 14.4 Å². The van der Waals surface area contributed by atoms with Crippen molar-refractivity contribution in [1.29, 1.82) is 0 Å². The Morgan fingerprint density at radius 1 is 1.50 bits per heavy atom. The first-order valence-corrected chi connectivity index (χ1v) is 6.36. The maximum Gasteiger partial charge on any atom is 0.326 e. The minimum Gasteiger partial charge on any atom is -0.480 e. The number of methoxy groups -OCH3 is 1. The first-order chi connectivity index (χ1) is 9.45. The molecule has 2 atom stereocenters. The number of carbonyl (C=O) groups excluding carboxylic acids is 2. The molecule has 0 bridgehead atoms. The first kappa shape index (κ1) is 16.2. The third kappa shape index (κ3) is 4.69. The normalized spacial score (nSPS) is 19.2. The lowest BCUT2D eigenvalue weighted by atomic mass is 10.1. The van der Waals surface area contributed by atoms with Gasteiger partial charge in [0.15, 0.2) is 0 Å². The van der Waals surface area contributed by atoms with Crippen molar-refractivity contribution < 1.29 is 29.0 Å². The number of urea groups is 1. The van der Waals surface area contributed by atoms with Crippen molar-refractivity contribution in [2.24, 2.45) is 0 Å². The number of carboxylic acid groups (broad SMARTS) is 1. The number of rotatable bonds is 6. The largest absolute Gasteiger partial charge is 0.480 e. The molecule has 0 spiro atoms. The van der Waals surface area contributed by atoms with Crippen LogP contribution in [0.1, 0.15) is 19.3 Å². The van der Waals surface area contributed by atoms with E-state index in [0.29, 0.717) is 13.2 Å². The Labute approximate surface area is 117 Å². The predicted octanol–water partition coefficient (Wildman–Crippen LogP) is -0.177. The highest BCUT2D eigenvalue weighted by atomic mass is 16.5. The number of nitrogens with one attached hydrogen (secondary N) is 1. The van der Waals surface area contributed by atoms with E-state index in [2.05, 4.69) is 10.1 Å². The van der Waals surface area contributed by atoms with Crippen molar-refractivity contribution in [3.63, 3.8) is 0 Å². The molecule has 2 N–H and O–H groups in total. The number of carboxylic acids is 1. The number of hydrogen-bond donors (Lipinski definition) is 2. The molecule has 0 aromatic rings. The minimum absolute atomic E-state index is 0.0112. The molecule has 0 aromatic carbocycles. The average molecular weight is 288 g/mol. The number of amides is 2. The topological polar surface area (TPSA) is 105 Å². The molecule has 0 aromatic heterocycles. The second kappa shape index (κ2) is 7.68. The van der Waals surface area contributed by atoms with Crippen LogP contribution in [0.15, 0.2) is 0 Å². The van der Waals surface area contributed by atoms with Crippen molar-refractivity contribution in [2.75, 3.05) is 27.4 Å². The van der Waals surface area contributed by atoms with Gasteiger partial charge in [-0.2, -0.15) is 0 Å². The summed E-state index contributed by atoms with van der Waals surface area (Å²) in [6.07, 6.45) is 0.649. The Morgan fingerprint density at radius 2 is 2.20 bits per heavy atom. The van der Waals surface area contributed by atoms with E-state index < -0.39 is 24.0 Å². The zero-order chi connectivity index (χ0) is 15.1. The Bertz CT molecular complexity index is 367. The molecule has 20 heavy (non-hydrogen) atoms. The smallest absolute Gasteiger partial charge is 0.326 e. The number of hydrogen-bond acceptors (Lipinski definition) is 5. The van der Waals surface area contributed by atoms with Crippen molar-refractivity contribution in [1.82, 2.24) is 10.2 Å². The van der Waals surface area contributed by atoms with E-state index >= 15 is 0 Å². The van der Waals surface area contributed by atoms with Gasteiger partial charge in [0.25, 0.3) is 0 Å². The van der Waals surface area contributed by atoms with Gasteiger partial charge in [0, 0.05) is 20.1 Å². The van der Waals surface area contributed by atoms with Crippen LogP contribution in [-0.4, -0.2) is 67.4 Å². The fourth-order valence-corrected chi connectivity index (χ4v) is 1.87. The lowest BCUT2D eigenvalue weighted by Gasteiger charge is -2.25. The molecule has 1 unspecified atom stereocenters. The lowest BCUT2D eigenvalue weighted by Crippen LogP contribution is -2.50. The highest BCUT2D eigenvalue weighted by molar-refractivity contribution is 5.83. The summed E-state index contributed by atoms with van der Waals surface area (Å²) in [7, 11) is 2.82. The number of ether oxygens (including phenoxy) is 2. The quantitative estimate of drug-likeness (QED) is 0.657. The minimum atomic E-state index is -1.18. The number of nitrogens with zero attached hydrogens (tertiary/aromatic N) is 1. The number of carbonyl (C=O) groups is 3. The first-order valence-electron chi connectivity index (χ1n) is 6.36. The van der Waals surface area contributed by atoms with Crippen molar-refractivity contribution >= 4 is 18.0 Å². The molecular weight excluding hydrogens is 268 g/mol. The Balaban J connectivity index is 2.49. The van der Waals surface area contributed by atoms with Gasteiger partial charge < -0.3 is 24.8 Å². The molecular formula is C12H20N2O6. The van der Waals surface area contributed by atoms with Crippen LogP contribution in [0.3, 0.4) is 0 Å². The lowest BCUT2D eigenvalue weighted by molar-refractivity contribution is -0.142. The summed E-state index contributed by atoms with van der Waals surface area (Å²) in [4.78, 5) is 35.5. The second-order valence-corrected chi connectivity index (χ2v) is 4.58. The van der Waals surface area contributed by atoms with Crippen LogP contribution >= 0.6 is 0 Å². The molecule has 1 aliphatic rings. The van der Waals surface area contributed by atoms with E-state index in [4.69, 9.17) is 9.84 Å². The zero-order valence-electron chi connectivity index (χ0n) is 11.6. The Hall–Kier alpha value is -1.83. The van der Waals surface area contributed by atoms with Gasteiger partial charge in [-0.3, -0.25) is 4.79 Å². The molecule has 114 valence electrons. The van der Waals surface area contributed by atoms with Gasteiger partial charge in [-0.05, 0) is 12.8 Å². The highest BCUT2D eigenvalue weighted by Gasteiger charge is 2.27. The summed E-state index contributed by atoms with van der Waals surface area (Å²) in [6, 6.07) is -1.66. The summed E-state index contributed by atoms with van der Waals surface area (Å²) in [5, 5.41) is 11.4. The van der Waals surface area contributed by atoms with Gasteiger partial charge in [-0.25, -0.2) is 9.59 Å². The van der Waals surface area contributed by atoms with Crippen LogP contribution in [-0.2, 0) is 19.1 Å². The molecule has 8 heteroatoms. The maximum atomic E-state index is 11.9. The third-order valence-electron chi connectivity index (χ3n) is 3.23. The molecule has 1 rings (SSSR count). The molecule has 0 saturated carbocycles. The molecule has 2 amide bonds. The van der Waals surface area contributed by atoms with Gasteiger partial charge in [0.2, 0.25) is 0 Å². The monoisotopic (exact) mass is 288 g/mol. The fourth-order valence-electron chi connectivity index (χ4n) is 1.87. The van der Waals surface area contributed by atoms with Crippen molar-refractivity contribution in [3.8, 4) is 0 Å². The van der Waals surface area contributed by atoms with Crippen molar-refractivity contribution in [3.05, 3.63) is 0 Å². The third-order valence-corrected chi connectivity index (χ3v) is 3.23. The Morgan fingerprint density at radius 3 is 2.70 bits per heavy atom. The van der Waals surface area contributed by atoms with E-state index in [0.717, 1.165) is 6.42 Å². The van der Waals surface area contributed by atoms with Crippen LogP contribution in [0.2, 0.25) is 0 Å². The van der Waals surface area contributed by atoms with E-state index in [1.807, 2.05) is 0 Å². The van der Waals surface area contributed by atoms with E-state index in [1.165, 1.54) is 12.0 Å². The number of aliphatic carboxylic acids is 1. The Kier molecular flexibility index (Phi) is 6.23. The summed E-state index contributed by atoms with van der Waals surface area (Å²) in [5.41, 5.74) is 0. The molecule has 1 aliphatic heterocycles. The molecule has 1 saturated heterocycles. The van der Waals surface area contributed by atoms with Gasteiger partial charge in [0.05, 0.1) is 19.8 Å².